The molecule has 0 aliphatic carbocycles. The Kier molecular flexibility index (Phi) is 18.5. The highest BCUT2D eigenvalue weighted by Crippen LogP contribution is 2.16. The fraction of sp³-hybridized carbons (Fsp3) is 0.542. The van der Waals surface area contributed by atoms with Crippen LogP contribution in [0.1, 0.15) is 85.0 Å². The summed E-state index contributed by atoms with van der Waals surface area (Å²) >= 11 is 0. The van der Waals surface area contributed by atoms with E-state index in [0.717, 1.165) is 5.56 Å². The number of halogens is 3. The van der Waals surface area contributed by atoms with Crippen molar-refractivity contribution in [2.24, 2.45) is 0 Å². The van der Waals surface area contributed by atoms with Gasteiger partial charge < -0.3 is 4.74 Å². The molecule has 0 saturated carbocycles. The average molecular weight is 447 g/mol. The number of hydrogen-bond acceptors (Lipinski definition) is 4. The lowest BCUT2D eigenvalue weighted by Gasteiger charge is -2.18. The molecule has 31 heavy (non-hydrogen) atoms. The highest BCUT2D eigenvalue weighted by Gasteiger charge is 2.36. The van der Waals surface area contributed by atoms with Gasteiger partial charge in [0, 0.05) is 24.8 Å². The Morgan fingerprint density at radius 3 is 1.48 bits per heavy atom. The molecule has 0 radical (unpaired) electrons. The predicted molar refractivity (Wildman–Crippen MR) is 119 cm³/mol. The van der Waals surface area contributed by atoms with Crippen LogP contribution in [-0.4, -0.2) is 29.3 Å². The van der Waals surface area contributed by atoms with Crippen molar-refractivity contribution in [1.82, 2.24) is 0 Å². The van der Waals surface area contributed by atoms with Crippen molar-refractivity contribution >= 4 is 17.5 Å². The van der Waals surface area contributed by atoms with E-state index in [0.29, 0.717) is 12.8 Å². The Hall–Kier alpha value is -2.44. The van der Waals surface area contributed by atoms with E-state index in [1.54, 1.807) is 6.92 Å². The Morgan fingerprint density at radius 1 is 0.871 bits per heavy atom. The van der Waals surface area contributed by atoms with Gasteiger partial charge in [-0.1, -0.05) is 56.7 Å². The van der Waals surface area contributed by atoms with Gasteiger partial charge in [-0.25, -0.2) is 0 Å². The fourth-order valence-electron chi connectivity index (χ4n) is 1.44. The maximum absolute atomic E-state index is 11.1. The molecule has 0 saturated heterocycles. The van der Waals surface area contributed by atoms with Gasteiger partial charge in [0.1, 0.15) is 5.60 Å². The molecule has 0 atom stereocenters. The minimum atomic E-state index is -4.63. The van der Waals surface area contributed by atoms with Gasteiger partial charge in [0.15, 0.2) is 5.78 Å². The molecule has 7 heteroatoms. The standard InChI is InChI=1S/C9H10O.C7H14O2.C4H5F3O.C4H8/c1-2-9(10)8-6-4-3-5-7-8;1-5-6(8)9-7(2,3)4;1-2-3(8)4(5,6)7;1-4(2)3/h3-7H,2H2,1H3;5H2,1-4H3;2H2,1H3;1H2,2-3H3. The van der Waals surface area contributed by atoms with Crippen LogP contribution in [0.15, 0.2) is 42.5 Å². The lowest BCUT2D eigenvalue weighted by Crippen LogP contribution is -2.23. The van der Waals surface area contributed by atoms with Crippen LogP contribution in [-0.2, 0) is 14.3 Å². The number of benzene rings is 1. The lowest BCUT2D eigenvalue weighted by atomic mass is 10.1. The van der Waals surface area contributed by atoms with Crippen molar-refractivity contribution in [2.45, 2.75) is 86.4 Å². The summed E-state index contributed by atoms with van der Waals surface area (Å²) in [6.45, 7) is 17.9. The second-order valence-electron chi connectivity index (χ2n) is 7.56. The molecule has 0 unspecified atom stereocenters. The Morgan fingerprint density at radius 2 is 1.29 bits per heavy atom. The summed E-state index contributed by atoms with van der Waals surface area (Å²) < 4.78 is 38.2. The number of Topliss-reactive ketones (excluding diaryl/α,β-unsaturated/α-hetero) is 2. The first-order valence-electron chi connectivity index (χ1n) is 10.0. The largest absolute Gasteiger partial charge is 0.460 e. The average Bonchev–Trinajstić information content (AvgIpc) is 2.65. The lowest BCUT2D eigenvalue weighted by molar-refractivity contribution is -0.170. The zero-order valence-electron chi connectivity index (χ0n) is 20.0. The van der Waals surface area contributed by atoms with Crippen LogP contribution in [0.2, 0.25) is 0 Å². The van der Waals surface area contributed by atoms with Gasteiger partial charge >= 0.3 is 12.1 Å². The summed E-state index contributed by atoms with van der Waals surface area (Å²) in [5.74, 6) is -1.60. The minimum absolute atomic E-state index is 0.137. The van der Waals surface area contributed by atoms with Gasteiger partial charge in [0.25, 0.3) is 0 Å². The summed E-state index contributed by atoms with van der Waals surface area (Å²) in [5, 5.41) is 0. The quantitative estimate of drug-likeness (QED) is 0.280. The third-order valence-corrected chi connectivity index (χ3v) is 2.76. The number of hydrogen-bond donors (Lipinski definition) is 0. The van der Waals surface area contributed by atoms with E-state index in [9.17, 15) is 27.6 Å². The first kappa shape index (κ1) is 33.2. The molecule has 178 valence electrons. The van der Waals surface area contributed by atoms with Crippen LogP contribution in [0.3, 0.4) is 0 Å². The van der Waals surface area contributed by atoms with E-state index in [2.05, 4.69) is 6.58 Å². The summed E-state index contributed by atoms with van der Waals surface area (Å²) in [6, 6.07) is 9.34. The number of carbonyl (C=O) groups excluding carboxylic acids is 3. The second kappa shape index (κ2) is 17.3. The van der Waals surface area contributed by atoms with E-state index in [1.165, 1.54) is 12.5 Å². The topological polar surface area (TPSA) is 60.4 Å². The van der Waals surface area contributed by atoms with Gasteiger partial charge in [-0.05, 0) is 34.6 Å². The molecule has 0 aliphatic heterocycles. The molecule has 0 N–H and O–H groups in total. The minimum Gasteiger partial charge on any atom is -0.460 e. The van der Waals surface area contributed by atoms with E-state index < -0.39 is 18.4 Å². The number of ketones is 2. The monoisotopic (exact) mass is 446 g/mol. The van der Waals surface area contributed by atoms with Crippen LogP contribution in [0.5, 0.6) is 0 Å². The molecule has 1 rings (SSSR count). The molecule has 0 aromatic heterocycles. The molecule has 1 aromatic carbocycles. The smallest absolute Gasteiger partial charge is 0.449 e. The first-order valence-corrected chi connectivity index (χ1v) is 10.0. The number of rotatable bonds is 4. The van der Waals surface area contributed by atoms with E-state index in [-0.39, 0.29) is 17.4 Å². The Balaban J connectivity index is -0.000000351. The van der Waals surface area contributed by atoms with Crippen molar-refractivity contribution in [3.63, 3.8) is 0 Å². The van der Waals surface area contributed by atoms with Crippen LogP contribution < -0.4 is 0 Å². The van der Waals surface area contributed by atoms with Crippen molar-refractivity contribution in [3.8, 4) is 0 Å². The molecule has 0 fully saturated rings. The Bertz CT molecular complexity index is 654. The number of esters is 1. The molecular formula is C24H37F3O4. The summed E-state index contributed by atoms with van der Waals surface area (Å²) in [5.41, 5.74) is 1.65. The maximum Gasteiger partial charge on any atom is 0.449 e. The van der Waals surface area contributed by atoms with Crippen molar-refractivity contribution < 1.29 is 32.3 Å². The predicted octanol–water partition coefficient (Wildman–Crippen LogP) is 7.13. The van der Waals surface area contributed by atoms with Gasteiger partial charge in [0.05, 0.1) is 0 Å². The molecule has 0 amide bonds. The van der Waals surface area contributed by atoms with E-state index in [4.69, 9.17) is 4.74 Å². The van der Waals surface area contributed by atoms with Crippen LogP contribution >= 0.6 is 0 Å². The molecule has 1 aromatic rings. The molecule has 0 aliphatic rings. The van der Waals surface area contributed by atoms with E-state index in [1.807, 2.05) is 71.9 Å². The first-order chi connectivity index (χ1) is 14.0. The number of allylic oxidation sites excluding steroid dienone is 1. The fourth-order valence-corrected chi connectivity index (χ4v) is 1.44. The van der Waals surface area contributed by atoms with Crippen LogP contribution in [0.25, 0.3) is 0 Å². The van der Waals surface area contributed by atoms with Crippen molar-refractivity contribution in [1.29, 1.82) is 0 Å². The molecule has 4 nitrogen and oxygen atoms in total. The number of alkyl halides is 3. The summed E-state index contributed by atoms with van der Waals surface area (Å²) in [7, 11) is 0. The van der Waals surface area contributed by atoms with Crippen molar-refractivity contribution in [3.05, 3.63) is 48.0 Å². The number of carbonyl (C=O) groups is 3. The van der Waals surface area contributed by atoms with Gasteiger partial charge in [-0.15, -0.1) is 6.58 Å². The van der Waals surface area contributed by atoms with Gasteiger partial charge in [0.2, 0.25) is 5.78 Å². The highest BCUT2D eigenvalue weighted by molar-refractivity contribution is 5.95. The second-order valence-corrected chi connectivity index (χ2v) is 7.56. The third kappa shape index (κ3) is 25.5. The van der Waals surface area contributed by atoms with Crippen LogP contribution in [0, 0.1) is 0 Å². The number of ether oxygens (including phenoxy) is 1. The zero-order chi connectivity index (χ0) is 25.3. The highest BCUT2D eigenvalue weighted by atomic mass is 19.4. The zero-order valence-corrected chi connectivity index (χ0v) is 20.0. The molecule has 0 spiro atoms. The van der Waals surface area contributed by atoms with Crippen molar-refractivity contribution in [2.75, 3.05) is 0 Å². The van der Waals surface area contributed by atoms with Gasteiger partial charge in [-0.3, -0.25) is 14.4 Å². The SMILES string of the molecule is C=C(C)C.CCC(=O)C(F)(F)F.CCC(=O)OC(C)(C)C.CCC(=O)c1ccccc1. The molecular weight excluding hydrogens is 409 g/mol. The van der Waals surface area contributed by atoms with Crippen LogP contribution in [0.4, 0.5) is 13.2 Å². The summed E-state index contributed by atoms with van der Waals surface area (Å²) in [4.78, 5) is 31.3. The normalized spacial score (nSPS) is 10.0. The Labute approximate surface area is 184 Å². The molecule has 0 heterocycles. The third-order valence-electron chi connectivity index (χ3n) is 2.76. The maximum atomic E-state index is 11.1. The van der Waals surface area contributed by atoms with Gasteiger partial charge in [-0.2, -0.15) is 13.2 Å². The summed E-state index contributed by atoms with van der Waals surface area (Å²) in [6.07, 6.45) is -4.06. The van der Waals surface area contributed by atoms with E-state index >= 15 is 0 Å². The molecule has 0 bridgehead atoms.